The smallest absolute Gasteiger partial charge is 0.402 e. The second kappa shape index (κ2) is 30.7. The molecule has 0 aliphatic carbocycles. The number of halogens is 45. The van der Waals surface area contributed by atoms with E-state index in [4.69, 9.17) is 15.1 Å². The highest BCUT2D eigenvalue weighted by Crippen LogP contribution is 2.51. The molecule has 9 rings (SSSR count). The Bertz CT molecular complexity index is 3920. The molecule has 9 aromatic rings. The first kappa shape index (κ1) is 84.1. The van der Waals surface area contributed by atoms with Crippen molar-refractivity contribution in [2.24, 2.45) is 0 Å². The summed E-state index contributed by atoms with van der Waals surface area (Å²) in [4.78, 5) is -4.66. The van der Waals surface area contributed by atoms with Crippen molar-refractivity contribution >= 4 is 58.5 Å². The van der Waals surface area contributed by atoms with Crippen LogP contribution in [0.2, 0.25) is 0 Å². The van der Waals surface area contributed by atoms with Crippen LogP contribution in [-0.4, -0.2) is 22.4 Å². The average molecular weight is 1610 g/mol. The highest BCUT2D eigenvalue weighted by molar-refractivity contribution is 6.30. The van der Waals surface area contributed by atoms with Gasteiger partial charge < -0.3 is 15.1 Å². The number of hydrogen-bond donors (Lipinski definition) is 3. The minimum absolute atomic E-state index is 1.55. The van der Waals surface area contributed by atoms with Crippen LogP contribution in [0.5, 0.6) is 0 Å². The van der Waals surface area contributed by atoms with Crippen molar-refractivity contribution in [3.05, 3.63) is 262 Å². The Morgan fingerprint density at radius 1 is 0.104 bits per heavy atom. The Morgan fingerprint density at radius 2 is 0.142 bits per heavy atom. The van der Waals surface area contributed by atoms with Crippen LogP contribution in [0.15, 0.2) is 0 Å². The van der Waals surface area contributed by atoms with Crippen molar-refractivity contribution in [2.75, 3.05) is 14.7 Å². The first-order chi connectivity index (χ1) is 48.7. The highest BCUT2D eigenvalue weighted by atomic mass is 19.2. The van der Waals surface area contributed by atoms with E-state index in [9.17, 15) is 198 Å². The number of hydrogen-bond acceptors (Lipinski definition) is 6. The zero-order valence-corrected chi connectivity index (χ0v) is 47.3. The van der Waals surface area contributed by atoms with Gasteiger partial charge in [0.2, 0.25) is 52.4 Å². The molecule has 0 fully saturated rings. The summed E-state index contributed by atoms with van der Waals surface area (Å²) in [6.45, 7) is 0. The number of benzene rings is 9. The SMILES string of the molecule is Fc1c(F)c(F)c(N(c2c(F)c(F)c(F)c(F)c2F)c2c(F)c(F)c(F)c(F)c2F)c(F)c1F.Fc1c(F)c(F)c(N(c2c(F)c(F)c(F)c(F)c2F)c2c(F)c(F)c(F)c(F)c2F)c(F)c1F.Fc1c(F)c(F)c(N(c2c(F)c(F)c(F)c(F)c2F)c2c(F)c(F)c(F)c(F)c2F)c(F)c1F.OB(O)O. The van der Waals surface area contributed by atoms with Crippen molar-refractivity contribution < 1.29 is 213 Å². The Morgan fingerprint density at radius 3 is 0.189 bits per heavy atom. The fourth-order valence-electron chi connectivity index (χ4n) is 8.11. The van der Waals surface area contributed by atoms with E-state index >= 15 is 0 Å². The molecule has 9 aromatic carbocycles. The lowest BCUT2D eigenvalue weighted by molar-refractivity contribution is 0.278. The predicted octanol–water partition coefficient (Wildman–Crippen LogP) is 19.7. The van der Waals surface area contributed by atoms with E-state index < -0.39 is 335 Å². The zero-order chi connectivity index (χ0) is 81.5. The molecule has 0 saturated heterocycles. The van der Waals surface area contributed by atoms with E-state index in [0.29, 0.717) is 0 Å². The minimum atomic E-state index is -3.12. The molecule has 6 nitrogen and oxygen atoms in total. The molecule has 0 aliphatic rings. The van der Waals surface area contributed by atoms with Gasteiger partial charge in [0.1, 0.15) is 51.2 Å². The number of nitrogens with zero attached hydrogens (tertiary/aromatic N) is 3. The molecule has 0 aliphatic heterocycles. The zero-order valence-electron chi connectivity index (χ0n) is 47.3. The maximum atomic E-state index is 14.3. The van der Waals surface area contributed by atoms with Gasteiger partial charge in [-0.1, -0.05) is 0 Å². The molecular weight excluding hydrogens is 1600 g/mol. The first-order valence-electron chi connectivity index (χ1n) is 24.8. The van der Waals surface area contributed by atoms with Gasteiger partial charge in [-0.05, 0) is 0 Å². The van der Waals surface area contributed by atoms with Gasteiger partial charge >= 0.3 is 7.32 Å². The van der Waals surface area contributed by atoms with E-state index in [-0.39, 0.29) is 0 Å². The van der Waals surface area contributed by atoms with E-state index in [1.54, 1.807) is 0 Å². The molecule has 0 saturated carbocycles. The molecule has 570 valence electrons. The van der Waals surface area contributed by atoms with Gasteiger partial charge in [0.25, 0.3) is 0 Å². The summed E-state index contributed by atoms with van der Waals surface area (Å²) in [6.07, 6.45) is 0. The van der Waals surface area contributed by atoms with Crippen LogP contribution < -0.4 is 14.7 Å². The molecular formula is C54H3BF45N3O3. The largest absolute Gasteiger partial charge is 0.631 e. The first-order valence-corrected chi connectivity index (χ1v) is 24.8. The van der Waals surface area contributed by atoms with Crippen molar-refractivity contribution in [1.82, 2.24) is 0 Å². The van der Waals surface area contributed by atoms with Crippen LogP contribution in [0.3, 0.4) is 0 Å². The van der Waals surface area contributed by atoms with Crippen LogP contribution in [0.4, 0.5) is 249 Å². The van der Waals surface area contributed by atoms with Gasteiger partial charge in [-0.25, -0.2) is 198 Å². The Hall–Kier alpha value is -10.8. The maximum absolute atomic E-state index is 14.3. The second-order valence-electron chi connectivity index (χ2n) is 18.6. The third-order valence-corrected chi connectivity index (χ3v) is 12.7. The molecule has 0 atom stereocenters. The second-order valence-corrected chi connectivity index (χ2v) is 18.6. The summed E-state index contributed by atoms with van der Waals surface area (Å²) < 4.78 is 624. The fourth-order valence-corrected chi connectivity index (χ4v) is 8.11. The Kier molecular flexibility index (Phi) is 24.4. The average Bonchev–Trinajstić information content (AvgIpc) is 0.739. The molecule has 0 spiro atoms. The van der Waals surface area contributed by atoms with Crippen molar-refractivity contribution in [3.8, 4) is 0 Å². The van der Waals surface area contributed by atoms with Crippen LogP contribution >= 0.6 is 0 Å². The molecule has 0 aromatic heterocycles. The minimum Gasteiger partial charge on any atom is -0.402 e. The van der Waals surface area contributed by atoms with Crippen LogP contribution in [0.25, 0.3) is 0 Å². The van der Waals surface area contributed by atoms with Gasteiger partial charge in [0.15, 0.2) is 209 Å². The van der Waals surface area contributed by atoms with Crippen LogP contribution in [-0.2, 0) is 0 Å². The summed E-state index contributed by atoms with van der Waals surface area (Å²) in [5.41, 5.74) is -25.6. The van der Waals surface area contributed by atoms with Crippen molar-refractivity contribution in [3.63, 3.8) is 0 Å². The molecule has 0 radical (unpaired) electrons. The van der Waals surface area contributed by atoms with Gasteiger partial charge in [-0.2, -0.15) is 0 Å². The molecule has 0 heterocycles. The monoisotopic (exact) mass is 1610 g/mol. The van der Waals surface area contributed by atoms with Crippen molar-refractivity contribution in [1.29, 1.82) is 0 Å². The highest BCUT2D eigenvalue weighted by Gasteiger charge is 2.46. The summed E-state index contributed by atoms with van der Waals surface area (Å²) in [6, 6.07) is 0. The summed E-state index contributed by atoms with van der Waals surface area (Å²) in [5.74, 6) is -138. The summed E-state index contributed by atoms with van der Waals surface area (Å²) in [7, 11) is -2.17. The third kappa shape index (κ3) is 13.6. The van der Waals surface area contributed by atoms with E-state index in [1.807, 2.05) is 0 Å². The molecule has 0 amide bonds. The molecule has 0 unspecified atom stereocenters. The Labute approximate surface area is 547 Å². The standard InChI is InChI=1S/3C18F15N.BH3O3/c3*19-1-4(22)10(28)16(11(29)5(1)23)34(17-12(30)6(24)2(20)7(25)13(17)31)18-14(32)8(26)3(21)9(27)15(18)33;2-1(3)4/h;;;2-4H. The van der Waals surface area contributed by atoms with E-state index in [2.05, 4.69) is 0 Å². The van der Waals surface area contributed by atoms with E-state index in [0.717, 1.165) is 0 Å². The quantitative estimate of drug-likeness (QED) is 0.0579. The lowest BCUT2D eigenvalue weighted by Crippen LogP contribution is -2.24. The van der Waals surface area contributed by atoms with Gasteiger partial charge in [0, 0.05) is 0 Å². The maximum Gasteiger partial charge on any atom is 0.631 e. The molecule has 3 N–H and O–H groups in total. The molecule has 52 heteroatoms. The van der Waals surface area contributed by atoms with Gasteiger partial charge in [-0.3, -0.25) is 14.7 Å². The summed E-state index contributed by atoms with van der Waals surface area (Å²) in [5, 5.41) is 21.5. The molecule has 106 heavy (non-hydrogen) atoms. The lowest BCUT2D eigenvalue weighted by atomic mass is 10.1. The Balaban J connectivity index is 0.000000243. The number of anilines is 9. The van der Waals surface area contributed by atoms with Gasteiger partial charge in [0.05, 0.1) is 0 Å². The van der Waals surface area contributed by atoms with Gasteiger partial charge in [-0.15, -0.1) is 0 Å². The van der Waals surface area contributed by atoms with Crippen molar-refractivity contribution in [2.45, 2.75) is 0 Å². The third-order valence-electron chi connectivity index (χ3n) is 12.7. The number of rotatable bonds is 9. The molecule has 0 bridgehead atoms. The normalized spacial score (nSPS) is 11.2. The van der Waals surface area contributed by atoms with Crippen LogP contribution in [0, 0.1) is 262 Å². The topological polar surface area (TPSA) is 70.4 Å². The predicted molar refractivity (Wildman–Crippen MR) is 254 cm³/mol. The van der Waals surface area contributed by atoms with Crippen LogP contribution in [0.1, 0.15) is 0 Å². The van der Waals surface area contributed by atoms with E-state index in [1.165, 1.54) is 0 Å². The summed E-state index contributed by atoms with van der Waals surface area (Å²) >= 11 is 0. The lowest BCUT2D eigenvalue weighted by Gasteiger charge is -2.28. The fraction of sp³-hybridized carbons (Fsp3) is 0.